The third kappa shape index (κ3) is 3.12. The number of amides is 1. The van der Waals surface area contributed by atoms with E-state index in [0.717, 1.165) is 26.9 Å². The molecule has 1 amide bonds. The van der Waals surface area contributed by atoms with Gasteiger partial charge in [-0.15, -0.1) is 0 Å². The summed E-state index contributed by atoms with van der Waals surface area (Å²) in [6, 6.07) is 16.0. The number of hydrogen-bond donors (Lipinski definition) is 1. The first-order valence-corrected chi connectivity index (χ1v) is 10.5. The highest BCUT2D eigenvalue weighted by Gasteiger charge is 2.40. The number of aromatic nitrogens is 3. The highest BCUT2D eigenvalue weighted by molar-refractivity contribution is 8.20. The van der Waals surface area contributed by atoms with E-state index in [1.165, 1.54) is 18.1 Å². The zero-order valence-electron chi connectivity index (χ0n) is 15.7. The van der Waals surface area contributed by atoms with Crippen molar-refractivity contribution in [1.29, 1.82) is 0 Å². The summed E-state index contributed by atoms with van der Waals surface area (Å²) in [5.74, 6) is 0.265. The number of anilines is 2. The molecule has 0 unspecified atom stereocenters. The molecule has 3 heterocycles. The molecule has 144 valence electrons. The SMILES string of the molecule is Cc1cccc(N2C(=O)/C(=C3/Sc4ccccc4N3C)S/C2=N\c2ncn[nH]2)c1. The number of aromatic amines is 1. The van der Waals surface area contributed by atoms with Gasteiger partial charge in [-0.05, 0) is 48.5 Å². The lowest BCUT2D eigenvalue weighted by molar-refractivity contribution is -0.113. The topological polar surface area (TPSA) is 77.5 Å². The minimum absolute atomic E-state index is 0.0963. The summed E-state index contributed by atoms with van der Waals surface area (Å²) in [5, 5.41) is 8.04. The number of amidine groups is 1. The average molecular weight is 421 g/mol. The molecule has 0 aliphatic carbocycles. The molecule has 1 aromatic heterocycles. The van der Waals surface area contributed by atoms with Crippen molar-refractivity contribution < 1.29 is 4.79 Å². The first-order chi connectivity index (χ1) is 14.1. The smallest absolute Gasteiger partial charge is 0.274 e. The molecule has 2 aromatic carbocycles. The normalized spacial score (nSPS) is 20.1. The fraction of sp³-hybridized carbons (Fsp3) is 0.100. The molecule has 1 N–H and O–H groups in total. The summed E-state index contributed by atoms with van der Waals surface area (Å²) in [5.41, 5.74) is 2.94. The second kappa shape index (κ2) is 7.09. The van der Waals surface area contributed by atoms with Crippen LogP contribution in [0.5, 0.6) is 0 Å². The van der Waals surface area contributed by atoms with Gasteiger partial charge in [0.05, 0.1) is 16.4 Å². The van der Waals surface area contributed by atoms with Crippen LogP contribution >= 0.6 is 23.5 Å². The quantitative estimate of drug-likeness (QED) is 0.623. The minimum atomic E-state index is -0.0963. The summed E-state index contributed by atoms with van der Waals surface area (Å²) in [6.45, 7) is 2.00. The first kappa shape index (κ1) is 18.0. The zero-order valence-corrected chi connectivity index (χ0v) is 17.3. The highest BCUT2D eigenvalue weighted by Crippen LogP contribution is 2.50. The molecule has 0 atom stereocenters. The van der Waals surface area contributed by atoms with Crippen molar-refractivity contribution >= 4 is 51.9 Å². The van der Waals surface area contributed by atoms with E-state index in [9.17, 15) is 4.79 Å². The van der Waals surface area contributed by atoms with Crippen molar-refractivity contribution in [1.82, 2.24) is 15.2 Å². The summed E-state index contributed by atoms with van der Waals surface area (Å²) in [7, 11) is 1.98. The van der Waals surface area contributed by atoms with Gasteiger partial charge in [-0.25, -0.2) is 5.10 Å². The Morgan fingerprint density at radius 3 is 2.72 bits per heavy atom. The van der Waals surface area contributed by atoms with Gasteiger partial charge in [0.1, 0.15) is 11.2 Å². The van der Waals surface area contributed by atoms with Crippen LogP contribution in [0, 0.1) is 6.92 Å². The van der Waals surface area contributed by atoms with E-state index in [4.69, 9.17) is 0 Å². The largest absolute Gasteiger partial charge is 0.337 e. The predicted molar refractivity (Wildman–Crippen MR) is 117 cm³/mol. The van der Waals surface area contributed by atoms with Crippen LogP contribution in [0.4, 0.5) is 17.3 Å². The molecule has 1 fully saturated rings. The van der Waals surface area contributed by atoms with Gasteiger partial charge in [-0.2, -0.15) is 15.1 Å². The Morgan fingerprint density at radius 1 is 1.10 bits per heavy atom. The molecule has 5 rings (SSSR count). The van der Waals surface area contributed by atoms with Crippen LogP contribution in [0.25, 0.3) is 0 Å². The first-order valence-electron chi connectivity index (χ1n) is 8.90. The Kier molecular flexibility index (Phi) is 4.40. The number of hydrogen-bond acceptors (Lipinski definition) is 7. The van der Waals surface area contributed by atoms with E-state index >= 15 is 0 Å². The molecule has 2 aliphatic heterocycles. The number of thioether (sulfide) groups is 2. The van der Waals surface area contributed by atoms with Crippen LogP contribution in [0.15, 0.2) is 74.7 Å². The van der Waals surface area contributed by atoms with Crippen molar-refractivity contribution in [2.45, 2.75) is 11.8 Å². The number of aryl methyl sites for hydroxylation is 1. The number of H-pyrrole nitrogens is 1. The maximum atomic E-state index is 13.5. The Bertz CT molecular complexity index is 1170. The van der Waals surface area contributed by atoms with Gasteiger partial charge in [-0.1, -0.05) is 36.0 Å². The third-order valence-corrected chi connectivity index (χ3v) is 6.97. The fourth-order valence-corrected chi connectivity index (χ4v) is 5.54. The van der Waals surface area contributed by atoms with Gasteiger partial charge in [0, 0.05) is 11.9 Å². The summed E-state index contributed by atoms with van der Waals surface area (Å²) in [6.07, 6.45) is 1.40. The average Bonchev–Trinajstić information content (AvgIpc) is 3.41. The monoisotopic (exact) mass is 420 g/mol. The molecule has 7 nitrogen and oxygen atoms in total. The summed E-state index contributed by atoms with van der Waals surface area (Å²) in [4.78, 5) is 27.6. The van der Waals surface area contributed by atoms with Crippen molar-refractivity contribution in [3.05, 3.63) is 70.4 Å². The van der Waals surface area contributed by atoms with E-state index < -0.39 is 0 Å². The molecule has 0 spiro atoms. The zero-order chi connectivity index (χ0) is 20.0. The number of carbonyl (C=O) groups is 1. The molecule has 3 aromatic rings. The molecular formula is C20H16N6OS2. The lowest BCUT2D eigenvalue weighted by Gasteiger charge is -2.17. The van der Waals surface area contributed by atoms with Crippen LogP contribution in [0.1, 0.15) is 5.56 Å². The second-order valence-electron chi connectivity index (χ2n) is 6.55. The molecule has 0 saturated carbocycles. The Morgan fingerprint density at radius 2 is 1.97 bits per heavy atom. The van der Waals surface area contributed by atoms with Crippen LogP contribution < -0.4 is 9.80 Å². The number of fused-ring (bicyclic) bond motifs is 1. The van der Waals surface area contributed by atoms with Gasteiger partial charge in [-0.3, -0.25) is 9.69 Å². The molecule has 0 bridgehead atoms. The number of rotatable bonds is 2. The number of para-hydroxylation sites is 1. The van der Waals surface area contributed by atoms with Crippen molar-refractivity contribution in [2.75, 3.05) is 16.8 Å². The number of nitrogens with zero attached hydrogens (tertiary/aromatic N) is 5. The summed E-state index contributed by atoms with van der Waals surface area (Å²) >= 11 is 2.96. The Balaban J connectivity index is 1.62. The fourth-order valence-electron chi connectivity index (χ4n) is 3.22. The van der Waals surface area contributed by atoms with Crippen molar-refractivity contribution in [3.8, 4) is 0 Å². The van der Waals surface area contributed by atoms with E-state index in [1.807, 2.05) is 50.4 Å². The lowest BCUT2D eigenvalue weighted by Crippen LogP contribution is -2.29. The summed E-state index contributed by atoms with van der Waals surface area (Å²) < 4.78 is 0. The van der Waals surface area contributed by atoms with Gasteiger partial charge < -0.3 is 4.90 Å². The number of carbonyl (C=O) groups excluding carboxylic acids is 1. The molecule has 1 saturated heterocycles. The molecular weight excluding hydrogens is 404 g/mol. The number of benzene rings is 2. The molecule has 2 aliphatic rings. The standard InChI is InChI=1S/C20H16N6OS2/c1-12-6-5-7-13(10-12)26-17(27)16(29-20(26)23-19-21-11-22-24-19)18-25(2)14-8-3-4-9-15(14)28-18/h3-11H,1-2H3,(H,21,22,24)/b18-16-,23-20-. The van der Waals surface area contributed by atoms with E-state index in [0.29, 0.717) is 16.0 Å². The molecule has 9 heteroatoms. The highest BCUT2D eigenvalue weighted by atomic mass is 32.2. The Hall–Kier alpha value is -3.04. The predicted octanol–water partition coefficient (Wildman–Crippen LogP) is 4.29. The third-order valence-electron chi connectivity index (χ3n) is 4.58. The van der Waals surface area contributed by atoms with Crippen molar-refractivity contribution in [3.63, 3.8) is 0 Å². The van der Waals surface area contributed by atoms with E-state index in [1.54, 1.807) is 16.7 Å². The van der Waals surface area contributed by atoms with Gasteiger partial charge in [0.2, 0.25) is 5.95 Å². The second-order valence-corrected chi connectivity index (χ2v) is 8.56. The Labute approximate surface area is 175 Å². The van der Waals surface area contributed by atoms with Gasteiger partial charge >= 0.3 is 0 Å². The van der Waals surface area contributed by atoms with Gasteiger partial charge in [0.25, 0.3) is 5.91 Å². The molecule has 0 radical (unpaired) electrons. The van der Waals surface area contributed by atoms with Crippen LogP contribution in [0.3, 0.4) is 0 Å². The maximum absolute atomic E-state index is 13.5. The number of nitrogens with one attached hydrogen (secondary N) is 1. The van der Waals surface area contributed by atoms with Crippen LogP contribution in [-0.2, 0) is 4.79 Å². The maximum Gasteiger partial charge on any atom is 0.274 e. The van der Waals surface area contributed by atoms with E-state index in [2.05, 4.69) is 37.2 Å². The van der Waals surface area contributed by atoms with Crippen LogP contribution in [-0.4, -0.2) is 33.3 Å². The van der Waals surface area contributed by atoms with E-state index in [-0.39, 0.29) is 5.91 Å². The molecule has 29 heavy (non-hydrogen) atoms. The lowest BCUT2D eigenvalue weighted by atomic mass is 10.2. The number of aliphatic imine (C=N–C) groups is 1. The van der Waals surface area contributed by atoms with Gasteiger partial charge in [0.15, 0.2) is 5.17 Å². The minimum Gasteiger partial charge on any atom is -0.337 e. The van der Waals surface area contributed by atoms with Crippen LogP contribution in [0.2, 0.25) is 0 Å². The van der Waals surface area contributed by atoms with Crippen molar-refractivity contribution in [2.24, 2.45) is 4.99 Å².